The number of nitrogen functional groups attached to an aromatic ring is 1. The van der Waals surface area contributed by atoms with Crippen molar-refractivity contribution < 1.29 is 49.8 Å². The number of Topliss-reactive ketones (excluding diaryl/α,β-unsaturated/α-hetero) is 1. The van der Waals surface area contributed by atoms with E-state index in [0.717, 1.165) is 26.4 Å². The maximum Gasteiger partial charge on any atom is 0.453 e. The molecular formula is C39H43F8N11O3. The topological polar surface area (TPSA) is 177 Å². The minimum atomic E-state index is -4.68. The zero-order chi connectivity index (χ0) is 45.7. The van der Waals surface area contributed by atoms with Gasteiger partial charge in [0.15, 0.2) is 5.78 Å². The molecule has 0 aliphatic rings. The molecule has 3 N–H and O–H groups in total. The smallest absolute Gasteiger partial charge is 0.453 e. The quantitative estimate of drug-likeness (QED) is 0.127. The highest BCUT2D eigenvalue weighted by Gasteiger charge is 2.38. The molecule has 4 aromatic heterocycles. The number of hydrogen-bond donors (Lipinski definition) is 2. The summed E-state index contributed by atoms with van der Waals surface area (Å²) in [6.45, 7) is 13.3. The molecule has 4 heterocycles. The number of nitrogens with zero attached hydrogens (tertiary/aromatic N) is 10. The number of halogens is 8. The SMILES string of the molecule is CC(C)c1c(N)cnn1-c1ccc(F)cc1.Cc1nc(C(F)(F)F)nn1C(C)C(=O)Cc1cnn(-c2ccc(F)cc2)c1C(C)C.Cc1nc(C(F)(F)F)nn1C(C)C(=O)O. The van der Waals surface area contributed by atoms with Crippen LogP contribution in [0, 0.1) is 25.5 Å². The Kier molecular flexibility index (Phi) is 14.6. The second kappa shape index (κ2) is 18.8. The van der Waals surface area contributed by atoms with Crippen molar-refractivity contribution in [2.75, 3.05) is 5.73 Å². The number of benzene rings is 2. The Hall–Kier alpha value is -6.48. The van der Waals surface area contributed by atoms with Gasteiger partial charge in [-0.05, 0) is 88.1 Å². The number of alkyl halides is 6. The molecular weight excluding hydrogens is 822 g/mol. The van der Waals surface area contributed by atoms with Gasteiger partial charge in [0.25, 0.3) is 11.6 Å². The van der Waals surface area contributed by atoms with E-state index in [1.165, 1.54) is 52.0 Å². The van der Waals surface area contributed by atoms with Crippen LogP contribution in [0.25, 0.3) is 11.4 Å². The van der Waals surface area contributed by atoms with Crippen LogP contribution in [0.3, 0.4) is 0 Å². The molecule has 0 amide bonds. The number of ketones is 1. The lowest BCUT2D eigenvalue weighted by Crippen LogP contribution is -2.22. The Bertz CT molecular complexity index is 2430. The predicted molar refractivity (Wildman–Crippen MR) is 205 cm³/mol. The fourth-order valence-electron chi connectivity index (χ4n) is 6.02. The van der Waals surface area contributed by atoms with Gasteiger partial charge in [0.1, 0.15) is 35.4 Å². The van der Waals surface area contributed by atoms with Gasteiger partial charge in [-0.1, -0.05) is 27.7 Å². The molecule has 0 saturated heterocycles. The molecule has 328 valence electrons. The summed E-state index contributed by atoms with van der Waals surface area (Å²) in [5.41, 5.74) is 10.4. The number of nitrogens with two attached hydrogens (primary N) is 1. The third kappa shape index (κ3) is 11.4. The average Bonchev–Trinajstić information content (AvgIpc) is 3.97. The Morgan fingerprint density at radius 2 is 1.05 bits per heavy atom. The highest BCUT2D eigenvalue weighted by Crippen LogP contribution is 2.30. The fourth-order valence-corrected chi connectivity index (χ4v) is 6.02. The van der Waals surface area contributed by atoms with Gasteiger partial charge in [0.05, 0.1) is 40.8 Å². The van der Waals surface area contributed by atoms with Crippen molar-refractivity contribution in [2.24, 2.45) is 0 Å². The lowest BCUT2D eigenvalue weighted by Gasteiger charge is -2.15. The summed E-state index contributed by atoms with van der Waals surface area (Å²) in [6, 6.07) is 9.91. The van der Waals surface area contributed by atoms with Crippen molar-refractivity contribution in [3.05, 3.63) is 113 Å². The van der Waals surface area contributed by atoms with E-state index in [-0.39, 0.29) is 47.3 Å². The molecule has 2 atom stereocenters. The average molecular weight is 866 g/mol. The Morgan fingerprint density at radius 3 is 1.43 bits per heavy atom. The van der Waals surface area contributed by atoms with Crippen molar-refractivity contribution >= 4 is 17.4 Å². The number of aromatic nitrogens is 10. The Morgan fingerprint density at radius 1 is 0.656 bits per heavy atom. The molecule has 6 rings (SSSR count). The lowest BCUT2D eigenvalue weighted by atomic mass is 9.99. The van der Waals surface area contributed by atoms with E-state index in [1.54, 1.807) is 46.0 Å². The first-order chi connectivity index (χ1) is 28.3. The van der Waals surface area contributed by atoms with Crippen LogP contribution in [-0.2, 0) is 28.4 Å². The second-order valence-electron chi connectivity index (χ2n) is 14.3. The number of carbonyl (C=O) groups is 2. The van der Waals surface area contributed by atoms with Crippen molar-refractivity contribution in [1.29, 1.82) is 0 Å². The van der Waals surface area contributed by atoms with Crippen LogP contribution in [0.15, 0.2) is 60.9 Å². The first kappa shape index (κ1) is 47.2. The van der Waals surface area contributed by atoms with E-state index < -0.39 is 42.1 Å². The normalized spacial score (nSPS) is 12.8. The minimum absolute atomic E-state index is 0.000553. The van der Waals surface area contributed by atoms with Crippen molar-refractivity contribution in [1.82, 2.24) is 49.1 Å². The van der Waals surface area contributed by atoms with E-state index in [0.29, 0.717) is 16.9 Å². The summed E-state index contributed by atoms with van der Waals surface area (Å²) in [5, 5.41) is 23.7. The first-order valence-electron chi connectivity index (χ1n) is 18.5. The van der Waals surface area contributed by atoms with Gasteiger partial charge >= 0.3 is 18.3 Å². The lowest BCUT2D eigenvalue weighted by molar-refractivity contribution is -0.146. The molecule has 14 nitrogen and oxygen atoms in total. The third-order valence-electron chi connectivity index (χ3n) is 8.99. The van der Waals surface area contributed by atoms with E-state index in [4.69, 9.17) is 10.8 Å². The van der Waals surface area contributed by atoms with E-state index >= 15 is 0 Å². The molecule has 0 saturated carbocycles. The number of aryl methyl sites for hydroxylation is 2. The molecule has 0 fully saturated rings. The highest BCUT2D eigenvalue weighted by atomic mass is 19.4. The molecule has 0 aliphatic heterocycles. The fraction of sp³-hybridized carbons (Fsp3) is 0.385. The summed E-state index contributed by atoms with van der Waals surface area (Å²) in [5.74, 6) is -4.62. The zero-order valence-electron chi connectivity index (χ0n) is 34.1. The molecule has 0 spiro atoms. The van der Waals surface area contributed by atoms with Crippen molar-refractivity contribution in [2.45, 2.75) is 98.1 Å². The predicted octanol–water partition coefficient (Wildman–Crippen LogP) is 8.39. The number of rotatable bonds is 10. The van der Waals surface area contributed by atoms with Gasteiger partial charge in [-0.25, -0.2) is 42.3 Å². The summed E-state index contributed by atoms with van der Waals surface area (Å²) in [7, 11) is 0. The van der Waals surface area contributed by atoms with Crippen LogP contribution >= 0.6 is 0 Å². The van der Waals surface area contributed by atoms with Crippen LogP contribution in [0.2, 0.25) is 0 Å². The third-order valence-corrected chi connectivity index (χ3v) is 8.99. The molecule has 2 unspecified atom stereocenters. The number of carboxylic acid groups (broad SMARTS) is 1. The van der Waals surface area contributed by atoms with Crippen LogP contribution < -0.4 is 5.73 Å². The van der Waals surface area contributed by atoms with Crippen molar-refractivity contribution in [3.63, 3.8) is 0 Å². The van der Waals surface area contributed by atoms with E-state index in [9.17, 15) is 44.7 Å². The standard InChI is InChI=1S/C20H21F4N5O.C12H14FN3.C7H8F3N3O2/c1-11(2)18-14(10-25-29(18)16-7-5-15(21)6-8-16)9-17(30)12(3)28-13(4)26-19(27-28)20(22,23)24;1-8(2)12-11(14)7-15-16(12)10-5-3-9(13)4-6-10;1-3(5(14)15)13-4(2)11-6(12-13)7(8,9)10/h5-8,10-12H,9H2,1-4H3;3-8H,14H2,1-2H3;3H,1-2H3,(H,14,15). The largest absolute Gasteiger partial charge is 0.480 e. The number of carboxylic acids is 1. The number of aliphatic carboxylic acids is 1. The summed E-state index contributed by atoms with van der Waals surface area (Å²) in [6.07, 6.45) is -6.19. The molecule has 6 aromatic rings. The van der Waals surface area contributed by atoms with Crippen LogP contribution in [-0.4, -0.2) is 65.9 Å². The number of carbonyl (C=O) groups excluding carboxylic acids is 1. The number of hydrogen-bond acceptors (Lipinski definition) is 9. The van der Waals surface area contributed by atoms with Gasteiger partial charge in [-0.2, -0.15) is 36.5 Å². The second-order valence-corrected chi connectivity index (χ2v) is 14.3. The maximum absolute atomic E-state index is 13.2. The van der Waals surface area contributed by atoms with Crippen LogP contribution in [0.1, 0.15) is 106 Å². The summed E-state index contributed by atoms with van der Waals surface area (Å²) in [4.78, 5) is 29.9. The van der Waals surface area contributed by atoms with Gasteiger partial charge in [0.2, 0.25) is 0 Å². The maximum atomic E-state index is 13.2. The van der Waals surface area contributed by atoms with Crippen LogP contribution in [0.5, 0.6) is 0 Å². The number of anilines is 1. The highest BCUT2D eigenvalue weighted by molar-refractivity contribution is 5.84. The van der Waals surface area contributed by atoms with Gasteiger partial charge < -0.3 is 10.8 Å². The summed E-state index contributed by atoms with van der Waals surface area (Å²) < 4.78 is 106. The van der Waals surface area contributed by atoms with Gasteiger partial charge in [-0.15, -0.1) is 10.2 Å². The molecule has 22 heteroatoms. The Balaban J connectivity index is 0.000000222. The van der Waals surface area contributed by atoms with Gasteiger partial charge in [0, 0.05) is 12.0 Å². The molecule has 0 bridgehead atoms. The summed E-state index contributed by atoms with van der Waals surface area (Å²) >= 11 is 0. The molecule has 61 heavy (non-hydrogen) atoms. The molecule has 0 aliphatic carbocycles. The molecule has 2 aromatic carbocycles. The first-order valence-corrected chi connectivity index (χ1v) is 18.5. The monoisotopic (exact) mass is 865 g/mol. The van der Waals surface area contributed by atoms with Crippen LogP contribution in [0.4, 0.5) is 40.8 Å². The zero-order valence-corrected chi connectivity index (χ0v) is 34.1. The van der Waals surface area contributed by atoms with E-state index in [1.807, 2.05) is 27.7 Å². The van der Waals surface area contributed by atoms with Gasteiger partial charge in [-0.3, -0.25) is 4.79 Å². The molecule has 0 radical (unpaired) electrons. The van der Waals surface area contributed by atoms with E-state index in [2.05, 4.69) is 30.4 Å². The Labute approximate surface area is 344 Å². The minimum Gasteiger partial charge on any atom is -0.480 e. The van der Waals surface area contributed by atoms with Crippen molar-refractivity contribution in [3.8, 4) is 11.4 Å².